The second-order valence-corrected chi connectivity index (χ2v) is 4.60. The van der Waals surface area contributed by atoms with Crippen molar-refractivity contribution in [3.05, 3.63) is 33.8 Å². The number of aliphatic carboxylic acids is 1. The molecule has 0 unspecified atom stereocenters. The molecule has 0 saturated carbocycles. The molecule has 0 saturated heterocycles. The minimum atomic E-state index is -0.902. The molecule has 18 heavy (non-hydrogen) atoms. The Morgan fingerprint density at radius 3 is 2.61 bits per heavy atom. The van der Waals surface area contributed by atoms with E-state index in [0.717, 1.165) is 5.56 Å². The molecule has 1 amide bonds. The highest BCUT2D eigenvalue weighted by Gasteiger charge is 2.06. The van der Waals surface area contributed by atoms with Gasteiger partial charge >= 0.3 is 5.97 Å². The Labute approximate surface area is 115 Å². The molecule has 0 spiro atoms. The largest absolute Gasteiger partial charge is 0.481 e. The van der Waals surface area contributed by atoms with Crippen molar-refractivity contribution < 1.29 is 14.7 Å². The molecule has 1 aromatic carbocycles. The van der Waals surface area contributed by atoms with Crippen molar-refractivity contribution in [1.29, 1.82) is 0 Å². The van der Waals surface area contributed by atoms with Crippen LogP contribution in [-0.2, 0) is 16.1 Å². The summed E-state index contributed by atoms with van der Waals surface area (Å²) in [5.74, 6) is -1.10. The lowest BCUT2D eigenvalue weighted by Gasteiger charge is -2.07. The van der Waals surface area contributed by atoms with E-state index < -0.39 is 5.97 Å². The van der Waals surface area contributed by atoms with E-state index in [2.05, 4.69) is 5.32 Å². The summed E-state index contributed by atoms with van der Waals surface area (Å²) in [6.07, 6.45) is 0.500. The molecule has 0 fully saturated rings. The zero-order valence-electron chi connectivity index (χ0n) is 9.58. The maximum Gasteiger partial charge on any atom is 0.303 e. The minimum Gasteiger partial charge on any atom is -0.481 e. The van der Waals surface area contributed by atoms with Crippen LogP contribution in [0.5, 0.6) is 0 Å². The monoisotopic (exact) mass is 289 g/mol. The standard InChI is InChI=1S/C12H13Cl2NO3/c13-9-4-5-10(14)8(6-9)7-15-11(16)2-1-3-12(17)18/h4-6H,1-3,7H2,(H,15,16)(H,17,18). The van der Waals surface area contributed by atoms with Crippen LogP contribution in [0.25, 0.3) is 0 Å². The molecular weight excluding hydrogens is 277 g/mol. The summed E-state index contributed by atoms with van der Waals surface area (Å²) in [6, 6.07) is 5.01. The predicted octanol–water partition coefficient (Wildman–Crippen LogP) is 2.86. The van der Waals surface area contributed by atoms with E-state index in [-0.39, 0.29) is 25.3 Å². The lowest BCUT2D eigenvalue weighted by molar-refractivity contribution is -0.137. The van der Waals surface area contributed by atoms with Crippen LogP contribution in [0, 0.1) is 0 Å². The summed E-state index contributed by atoms with van der Waals surface area (Å²) in [6.45, 7) is 0.283. The molecule has 1 aromatic rings. The Kier molecular flexibility index (Phi) is 5.95. The number of rotatable bonds is 6. The fraction of sp³-hybridized carbons (Fsp3) is 0.333. The number of carboxylic acid groups (broad SMARTS) is 1. The average molecular weight is 290 g/mol. The summed E-state index contributed by atoms with van der Waals surface area (Å²) >= 11 is 11.8. The van der Waals surface area contributed by atoms with Crippen molar-refractivity contribution in [2.75, 3.05) is 0 Å². The summed E-state index contributed by atoms with van der Waals surface area (Å²) in [4.78, 5) is 21.7. The van der Waals surface area contributed by atoms with Crippen molar-refractivity contribution in [2.24, 2.45) is 0 Å². The van der Waals surface area contributed by atoms with Gasteiger partial charge in [-0.2, -0.15) is 0 Å². The van der Waals surface area contributed by atoms with E-state index in [1.807, 2.05) is 0 Å². The lowest BCUT2D eigenvalue weighted by Crippen LogP contribution is -2.22. The molecule has 1 rings (SSSR count). The Balaban J connectivity index is 2.38. The van der Waals surface area contributed by atoms with Crippen LogP contribution in [0.3, 0.4) is 0 Å². The van der Waals surface area contributed by atoms with Crippen LogP contribution in [0.2, 0.25) is 10.0 Å². The molecule has 0 aliphatic heterocycles. The number of hydrogen-bond acceptors (Lipinski definition) is 2. The lowest BCUT2D eigenvalue weighted by atomic mass is 10.2. The highest BCUT2D eigenvalue weighted by Crippen LogP contribution is 2.20. The molecule has 0 atom stereocenters. The van der Waals surface area contributed by atoms with Crippen molar-refractivity contribution >= 4 is 35.1 Å². The number of hydrogen-bond donors (Lipinski definition) is 2. The van der Waals surface area contributed by atoms with Crippen LogP contribution in [0.1, 0.15) is 24.8 Å². The van der Waals surface area contributed by atoms with Crippen LogP contribution >= 0.6 is 23.2 Å². The van der Waals surface area contributed by atoms with Crippen molar-refractivity contribution in [1.82, 2.24) is 5.32 Å². The first-order valence-corrected chi connectivity index (χ1v) is 6.17. The predicted molar refractivity (Wildman–Crippen MR) is 69.8 cm³/mol. The van der Waals surface area contributed by atoms with Gasteiger partial charge in [0, 0.05) is 29.4 Å². The topological polar surface area (TPSA) is 66.4 Å². The van der Waals surface area contributed by atoms with Gasteiger partial charge in [-0.25, -0.2) is 0 Å². The second-order valence-electron chi connectivity index (χ2n) is 3.76. The molecule has 4 nitrogen and oxygen atoms in total. The van der Waals surface area contributed by atoms with E-state index in [1.54, 1.807) is 18.2 Å². The molecule has 0 bridgehead atoms. The first-order valence-electron chi connectivity index (χ1n) is 5.41. The van der Waals surface area contributed by atoms with Gasteiger partial charge in [0.1, 0.15) is 0 Å². The van der Waals surface area contributed by atoms with Crippen LogP contribution < -0.4 is 5.32 Å². The maximum absolute atomic E-state index is 11.4. The van der Waals surface area contributed by atoms with Crippen molar-refractivity contribution in [3.8, 4) is 0 Å². The van der Waals surface area contributed by atoms with Gasteiger partial charge in [0.2, 0.25) is 5.91 Å². The zero-order chi connectivity index (χ0) is 13.5. The summed E-state index contributed by atoms with van der Waals surface area (Å²) < 4.78 is 0. The van der Waals surface area contributed by atoms with Crippen molar-refractivity contribution in [2.45, 2.75) is 25.8 Å². The Morgan fingerprint density at radius 1 is 1.22 bits per heavy atom. The van der Waals surface area contributed by atoms with E-state index >= 15 is 0 Å². The number of carbonyl (C=O) groups is 2. The number of benzene rings is 1. The van der Waals surface area contributed by atoms with Gasteiger partial charge in [0.15, 0.2) is 0 Å². The fourth-order valence-corrected chi connectivity index (χ4v) is 1.74. The molecule has 6 heteroatoms. The van der Waals surface area contributed by atoms with Crippen LogP contribution in [-0.4, -0.2) is 17.0 Å². The summed E-state index contributed by atoms with van der Waals surface area (Å²) in [5.41, 5.74) is 0.732. The number of carboxylic acids is 1. The quantitative estimate of drug-likeness (QED) is 0.846. The normalized spacial score (nSPS) is 10.1. The smallest absolute Gasteiger partial charge is 0.303 e. The average Bonchev–Trinajstić information content (AvgIpc) is 2.30. The Bertz CT molecular complexity index is 449. The van der Waals surface area contributed by atoms with Gasteiger partial charge < -0.3 is 10.4 Å². The van der Waals surface area contributed by atoms with E-state index in [1.165, 1.54) is 0 Å². The number of halogens is 2. The number of nitrogens with one attached hydrogen (secondary N) is 1. The SMILES string of the molecule is O=C(O)CCCC(=O)NCc1cc(Cl)ccc1Cl. The molecule has 0 aromatic heterocycles. The summed E-state index contributed by atoms with van der Waals surface area (Å²) in [5, 5.41) is 12.2. The molecular formula is C12H13Cl2NO3. The van der Waals surface area contributed by atoms with Gasteiger partial charge in [-0.05, 0) is 30.2 Å². The summed E-state index contributed by atoms with van der Waals surface area (Å²) in [7, 11) is 0. The third kappa shape index (κ3) is 5.38. The van der Waals surface area contributed by atoms with Crippen LogP contribution in [0.15, 0.2) is 18.2 Å². The fourth-order valence-electron chi connectivity index (χ4n) is 1.36. The number of amides is 1. The second kappa shape index (κ2) is 7.24. The Morgan fingerprint density at radius 2 is 1.94 bits per heavy atom. The Hall–Kier alpha value is -1.26. The van der Waals surface area contributed by atoms with Gasteiger partial charge in [0.25, 0.3) is 0 Å². The minimum absolute atomic E-state index is 0.00859. The zero-order valence-corrected chi connectivity index (χ0v) is 11.1. The van der Waals surface area contributed by atoms with Gasteiger partial charge in [-0.3, -0.25) is 9.59 Å². The first kappa shape index (κ1) is 14.8. The molecule has 0 heterocycles. The number of carbonyl (C=O) groups excluding carboxylic acids is 1. The third-order valence-electron chi connectivity index (χ3n) is 2.28. The van der Waals surface area contributed by atoms with Gasteiger partial charge in [-0.15, -0.1) is 0 Å². The highest BCUT2D eigenvalue weighted by atomic mass is 35.5. The highest BCUT2D eigenvalue weighted by molar-refractivity contribution is 6.33. The maximum atomic E-state index is 11.4. The first-order chi connectivity index (χ1) is 8.49. The molecule has 0 radical (unpaired) electrons. The molecule has 0 aliphatic carbocycles. The molecule has 98 valence electrons. The van der Waals surface area contributed by atoms with Gasteiger partial charge in [0.05, 0.1) is 0 Å². The van der Waals surface area contributed by atoms with Crippen molar-refractivity contribution in [3.63, 3.8) is 0 Å². The molecule has 2 N–H and O–H groups in total. The third-order valence-corrected chi connectivity index (χ3v) is 2.88. The van der Waals surface area contributed by atoms with Crippen LogP contribution in [0.4, 0.5) is 0 Å². The molecule has 0 aliphatic rings. The van der Waals surface area contributed by atoms with E-state index in [0.29, 0.717) is 16.5 Å². The van der Waals surface area contributed by atoms with E-state index in [9.17, 15) is 9.59 Å². The van der Waals surface area contributed by atoms with E-state index in [4.69, 9.17) is 28.3 Å². The van der Waals surface area contributed by atoms with Gasteiger partial charge in [-0.1, -0.05) is 23.2 Å².